The largest absolute Gasteiger partial charge is 0.433 e. The Hall–Kier alpha value is -4.02. The Morgan fingerprint density at radius 2 is 1.97 bits per heavy atom. The number of nitrogens with zero attached hydrogens (tertiary/aromatic N) is 4. The molecule has 0 unspecified atom stereocenters. The topological polar surface area (TPSA) is 81.9 Å². The van der Waals surface area contributed by atoms with Crippen molar-refractivity contribution in [2.24, 2.45) is 0 Å². The van der Waals surface area contributed by atoms with E-state index in [1.54, 1.807) is 19.9 Å². The number of aryl methyl sites for hydroxylation is 2. The summed E-state index contributed by atoms with van der Waals surface area (Å²) in [6.45, 7) is 3.36. The van der Waals surface area contributed by atoms with E-state index in [-0.39, 0.29) is 22.6 Å². The van der Waals surface area contributed by atoms with Crippen molar-refractivity contribution in [3.8, 4) is 17.1 Å². The zero-order valence-electron chi connectivity index (χ0n) is 17.4. The number of aromatic nitrogens is 4. The molecule has 11 heteroatoms. The van der Waals surface area contributed by atoms with Gasteiger partial charge in [0, 0.05) is 11.8 Å². The zero-order valence-corrected chi connectivity index (χ0v) is 17.4. The molecule has 3 aromatic heterocycles. The van der Waals surface area contributed by atoms with Crippen molar-refractivity contribution in [2.45, 2.75) is 26.4 Å². The third-order valence-corrected chi connectivity index (χ3v) is 4.83. The number of hydrogen-bond donors (Lipinski definition) is 1. The number of alkyl halides is 3. The van der Waals surface area contributed by atoms with E-state index in [4.69, 9.17) is 4.74 Å². The maximum absolute atomic E-state index is 13.4. The van der Waals surface area contributed by atoms with Gasteiger partial charge in [-0.25, -0.2) is 29.6 Å². The van der Waals surface area contributed by atoms with Crippen molar-refractivity contribution < 1.29 is 27.1 Å². The quantitative estimate of drug-likeness (QED) is 0.421. The smallest absolute Gasteiger partial charge is 0.406 e. The van der Waals surface area contributed by atoms with Crippen molar-refractivity contribution in [1.29, 1.82) is 0 Å². The third-order valence-electron chi connectivity index (χ3n) is 4.83. The average Bonchev–Trinajstić information content (AvgIpc) is 3.11. The first-order valence-corrected chi connectivity index (χ1v) is 9.82. The molecule has 0 saturated carbocycles. The van der Waals surface area contributed by atoms with Crippen molar-refractivity contribution in [3.63, 3.8) is 0 Å². The lowest BCUT2D eigenvalue weighted by Crippen LogP contribution is -2.25. The molecule has 0 radical (unpaired) electrons. The lowest BCUT2D eigenvalue weighted by atomic mass is 10.2. The molecule has 0 fully saturated rings. The van der Waals surface area contributed by atoms with Gasteiger partial charge in [-0.15, -0.1) is 0 Å². The van der Waals surface area contributed by atoms with Gasteiger partial charge in [0.25, 0.3) is 0 Å². The lowest BCUT2D eigenvalue weighted by Gasteiger charge is -2.11. The van der Waals surface area contributed by atoms with Gasteiger partial charge in [0.05, 0.1) is 22.9 Å². The van der Waals surface area contributed by atoms with Gasteiger partial charge in [-0.3, -0.25) is 4.68 Å². The van der Waals surface area contributed by atoms with Crippen molar-refractivity contribution in [2.75, 3.05) is 5.43 Å². The molecule has 1 amide bonds. The van der Waals surface area contributed by atoms with Gasteiger partial charge in [0.2, 0.25) is 0 Å². The minimum absolute atomic E-state index is 0.0670. The monoisotopic (exact) mass is 459 g/mol. The highest BCUT2D eigenvalue weighted by molar-refractivity contribution is 5.85. The first kappa shape index (κ1) is 22.2. The number of pyridine rings is 1. The molecule has 0 aliphatic carbocycles. The van der Waals surface area contributed by atoms with Gasteiger partial charge < -0.3 is 4.74 Å². The molecule has 0 aliphatic heterocycles. The average molecular weight is 459 g/mol. The highest BCUT2D eigenvalue weighted by Gasteiger charge is 2.33. The van der Waals surface area contributed by atoms with Gasteiger partial charge >= 0.3 is 12.3 Å². The SMILES string of the molecule is CCc1cn(NC(=O)Oc2cnc(-c3cccc(F)c3)nc2C)c2ccc(C(F)(F)F)nc12. The molecule has 3 heterocycles. The number of nitrogens with one attached hydrogen (secondary N) is 1. The Labute approximate surface area is 185 Å². The Kier molecular flexibility index (Phi) is 5.71. The Morgan fingerprint density at radius 1 is 1.18 bits per heavy atom. The number of amides is 1. The molecule has 0 atom stereocenters. The lowest BCUT2D eigenvalue weighted by molar-refractivity contribution is -0.140. The van der Waals surface area contributed by atoms with Gasteiger partial charge in [-0.2, -0.15) is 13.2 Å². The number of hydrogen-bond acceptors (Lipinski definition) is 5. The highest BCUT2D eigenvalue weighted by atomic mass is 19.4. The molecule has 0 aliphatic rings. The minimum Gasteiger partial charge on any atom is -0.406 e. The summed E-state index contributed by atoms with van der Waals surface area (Å²) >= 11 is 0. The van der Waals surface area contributed by atoms with E-state index in [9.17, 15) is 22.4 Å². The molecule has 0 saturated heterocycles. The van der Waals surface area contributed by atoms with Crippen LogP contribution in [-0.4, -0.2) is 25.7 Å². The van der Waals surface area contributed by atoms with Crippen molar-refractivity contribution in [1.82, 2.24) is 19.6 Å². The second-order valence-electron chi connectivity index (χ2n) is 7.09. The van der Waals surface area contributed by atoms with Crippen LogP contribution >= 0.6 is 0 Å². The molecule has 170 valence electrons. The van der Waals surface area contributed by atoms with Crippen LogP contribution in [0.15, 0.2) is 48.8 Å². The van der Waals surface area contributed by atoms with Gasteiger partial charge in [0.15, 0.2) is 11.6 Å². The third kappa shape index (κ3) is 4.61. The first-order chi connectivity index (χ1) is 15.7. The van der Waals surface area contributed by atoms with Crippen molar-refractivity contribution in [3.05, 3.63) is 71.6 Å². The normalized spacial score (nSPS) is 11.6. The molecular weight excluding hydrogens is 442 g/mol. The van der Waals surface area contributed by atoms with Gasteiger partial charge in [0.1, 0.15) is 11.5 Å². The number of rotatable bonds is 4. The Bertz CT molecular complexity index is 1350. The first-order valence-electron chi connectivity index (χ1n) is 9.82. The Balaban J connectivity index is 1.55. The molecule has 4 rings (SSSR count). The molecule has 0 spiro atoms. The predicted octanol–water partition coefficient (Wildman–Crippen LogP) is 5.26. The number of carbonyl (C=O) groups excluding carboxylic acids is 1. The van der Waals surface area contributed by atoms with Gasteiger partial charge in [-0.1, -0.05) is 19.1 Å². The summed E-state index contributed by atoms with van der Waals surface area (Å²) < 4.78 is 59.0. The van der Waals surface area contributed by atoms with Gasteiger partial charge in [-0.05, 0) is 43.2 Å². The number of ether oxygens (including phenoxy) is 1. The number of halogens is 4. The number of carbonyl (C=O) groups is 1. The molecule has 1 aromatic carbocycles. The summed E-state index contributed by atoms with van der Waals surface area (Å²) in [6.07, 6.45) is -2.31. The van der Waals surface area contributed by atoms with Crippen LogP contribution in [0.4, 0.5) is 22.4 Å². The van der Waals surface area contributed by atoms with Crippen LogP contribution in [0.2, 0.25) is 0 Å². The van der Waals surface area contributed by atoms with E-state index < -0.39 is 23.8 Å². The summed E-state index contributed by atoms with van der Waals surface area (Å²) in [6, 6.07) is 7.82. The van der Waals surface area contributed by atoms with Crippen LogP contribution in [0.5, 0.6) is 5.75 Å². The molecule has 7 nitrogen and oxygen atoms in total. The second-order valence-corrected chi connectivity index (χ2v) is 7.09. The van der Waals surface area contributed by atoms with Crippen LogP contribution in [0.3, 0.4) is 0 Å². The summed E-state index contributed by atoms with van der Waals surface area (Å²) in [4.78, 5) is 24.5. The van der Waals surface area contributed by atoms with Crippen LogP contribution in [0, 0.1) is 12.7 Å². The van der Waals surface area contributed by atoms with Crippen molar-refractivity contribution >= 4 is 17.1 Å². The second kappa shape index (κ2) is 8.49. The number of fused-ring (bicyclic) bond motifs is 1. The van der Waals surface area contributed by atoms with Crippen LogP contribution in [0.1, 0.15) is 23.9 Å². The fraction of sp³-hybridized carbons (Fsp3) is 0.182. The molecule has 33 heavy (non-hydrogen) atoms. The fourth-order valence-corrected chi connectivity index (χ4v) is 3.22. The molecule has 0 bridgehead atoms. The maximum Gasteiger partial charge on any atom is 0.433 e. The van der Waals surface area contributed by atoms with Crippen LogP contribution in [-0.2, 0) is 12.6 Å². The summed E-state index contributed by atoms with van der Waals surface area (Å²) in [5.74, 6) is -0.108. The van der Waals surface area contributed by atoms with Crippen LogP contribution < -0.4 is 10.2 Å². The maximum atomic E-state index is 13.4. The molecule has 4 aromatic rings. The summed E-state index contributed by atoms with van der Waals surface area (Å²) in [5.41, 5.74) is 3.18. The highest BCUT2D eigenvalue weighted by Crippen LogP contribution is 2.30. The van der Waals surface area contributed by atoms with E-state index in [1.165, 1.54) is 41.3 Å². The van der Waals surface area contributed by atoms with E-state index in [2.05, 4.69) is 20.4 Å². The zero-order chi connectivity index (χ0) is 23.8. The number of benzene rings is 1. The van der Waals surface area contributed by atoms with E-state index in [1.807, 2.05) is 0 Å². The van der Waals surface area contributed by atoms with E-state index in [0.29, 0.717) is 23.2 Å². The molecule has 1 N–H and O–H groups in total. The predicted molar refractivity (Wildman–Crippen MR) is 112 cm³/mol. The minimum atomic E-state index is -4.58. The summed E-state index contributed by atoms with van der Waals surface area (Å²) in [7, 11) is 0. The fourth-order valence-electron chi connectivity index (χ4n) is 3.22. The van der Waals surface area contributed by atoms with Crippen LogP contribution in [0.25, 0.3) is 22.4 Å². The Morgan fingerprint density at radius 3 is 2.64 bits per heavy atom. The van der Waals surface area contributed by atoms with E-state index >= 15 is 0 Å². The standard InChI is InChI=1S/C22H17F4N5O2/c1-3-13-11-31(16-7-8-18(22(24,25)26)29-19(13)16)30-21(32)33-17-10-27-20(28-12(17)2)14-5-4-6-15(23)9-14/h4-11H,3H2,1-2H3,(H,30,32). The van der Waals surface area contributed by atoms with E-state index in [0.717, 1.165) is 6.07 Å². The summed E-state index contributed by atoms with van der Waals surface area (Å²) in [5, 5.41) is 0. The molecular formula is C22H17F4N5O2.